The zero-order chi connectivity index (χ0) is 12.9. The molecule has 1 heterocycles. The van der Waals surface area contributed by atoms with Gasteiger partial charge in [-0.1, -0.05) is 6.07 Å². The second-order valence-electron chi connectivity index (χ2n) is 5.04. The van der Waals surface area contributed by atoms with Gasteiger partial charge in [-0.15, -0.1) is 12.4 Å². The second kappa shape index (κ2) is 5.01. The summed E-state index contributed by atoms with van der Waals surface area (Å²) >= 11 is 0. The quantitative estimate of drug-likeness (QED) is 0.878. The molecule has 4 nitrogen and oxygen atoms in total. The van der Waals surface area contributed by atoms with E-state index < -0.39 is 15.8 Å². The molecule has 1 saturated carbocycles. The van der Waals surface area contributed by atoms with Crippen LogP contribution in [0.1, 0.15) is 5.56 Å². The van der Waals surface area contributed by atoms with Gasteiger partial charge in [-0.2, -0.15) is 0 Å². The molecule has 1 aromatic carbocycles. The third-order valence-corrected chi connectivity index (χ3v) is 5.29. The summed E-state index contributed by atoms with van der Waals surface area (Å²) in [6.07, 6.45) is 0. The first-order valence-electron chi connectivity index (χ1n) is 5.98. The van der Waals surface area contributed by atoms with Crippen LogP contribution in [0.2, 0.25) is 0 Å². The predicted molar refractivity (Wildman–Crippen MR) is 72.3 cm³/mol. The van der Waals surface area contributed by atoms with Gasteiger partial charge in [-0.05, 0) is 49.5 Å². The van der Waals surface area contributed by atoms with Crippen molar-refractivity contribution in [3.05, 3.63) is 29.6 Å². The topological polar surface area (TPSA) is 58.2 Å². The molecule has 1 aliphatic carbocycles. The first kappa shape index (κ1) is 14.7. The van der Waals surface area contributed by atoms with Gasteiger partial charge in [-0.25, -0.2) is 17.5 Å². The highest BCUT2D eigenvalue weighted by atomic mass is 35.5. The lowest BCUT2D eigenvalue weighted by Gasteiger charge is -2.09. The summed E-state index contributed by atoms with van der Waals surface area (Å²) in [6, 6.07) is 4.02. The molecule has 1 aromatic rings. The Kier molecular flexibility index (Phi) is 3.88. The van der Waals surface area contributed by atoms with Crippen molar-refractivity contribution in [2.24, 2.45) is 11.8 Å². The molecule has 0 radical (unpaired) electrons. The van der Waals surface area contributed by atoms with Crippen LogP contribution in [0, 0.1) is 24.6 Å². The molecule has 0 amide bonds. The Balaban J connectivity index is 0.00000133. The van der Waals surface area contributed by atoms with E-state index >= 15 is 0 Å². The summed E-state index contributed by atoms with van der Waals surface area (Å²) in [4.78, 5) is 0.00327. The Morgan fingerprint density at radius 3 is 2.53 bits per heavy atom. The van der Waals surface area contributed by atoms with Gasteiger partial charge in [0.15, 0.2) is 0 Å². The molecule has 19 heavy (non-hydrogen) atoms. The molecule has 7 heteroatoms. The van der Waals surface area contributed by atoms with Gasteiger partial charge in [0, 0.05) is 6.04 Å². The highest BCUT2D eigenvalue weighted by molar-refractivity contribution is 7.89. The van der Waals surface area contributed by atoms with Crippen molar-refractivity contribution in [1.29, 1.82) is 0 Å². The van der Waals surface area contributed by atoms with Crippen LogP contribution < -0.4 is 10.0 Å². The maximum absolute atomic E-state index is 13.4. The van der Waals surface area contributed by atoms with Crippen molar-refractivity contribution in [3.63, 3.8) is 0 Å². The molecule has 106 valence electrons. The zero-order valence-electron chi connectivity index (χ0n) is 10.4. The molecular formula is C12H16ClFN2O2S. The Labute approximate surface area is 118 Å². The number of benzene rings is 1. The smallest absolute Gasteiger partial charge is 0.240 e. The Morgan fingerprint density at radius 1 is 1.32 bits per heavy atom. The van der Waals surface area contributed by atoms with Crippen LogP contribution in [0.25, 0.3) is 0 Å². The van der Waals surface area contributed by atoms with Crippen molar-refractivity contribution in [2.75, 3.05) is 13.1 Å². The van der Waals surface area contributed by atoms with Gasteiger partial charge in [0.05, 0.1) is 4.90 Å². The molecule has 2 atom stereocenters. The number of aryl methyl sites for hydroxylation is 1. The lowest BCUT2D eigenvalue weighted by Crippen LogP contribution is -2.32. The molecule has 2 unspecified atom stereocenters. The minimum absolute atomic E-state index is 0. The van der Waals surface area contributed by atoms with Crippen molar-refractivity contribution >= 4 is 22.4 Å². The maximum atomic E-state index is 13.4. The molecule has 2 aliphatic rings. The van der Waals surface area contributed by atoms with Crippen LogP contribution in [0.15, 0.2) is 23.1 Å². The van der Waals surface area contributed by atoms with E-state index in [9.17, 15) is 12.8 Å². The largest absolute Gasteiger partial charge is 0.316 e. The monoisotopic (exact) mass is 306 g/mol. The highest BCUT2D eigenvalue weighted by Gasteiger charge is 2.54. The van der Waals surface area contributed by atoms with Gasteiger partial charge in [0.1, 0.15) is 5.82 Å². The number of nitrogens with one attached hydrogen (secondary N) is 2. The summed E-state index contributed by atoms with van der Waals surface area (Å²) < 4.78 is 40.2. The van der Waals surface area contributed by atoms with Gasteiger partial charge >= 0.3 is 0 Å². The summed E-state index contributed by atoms with van der Waals surface area (Å²) in [5.74, 6) is 0.306. The van der Waals surface area contributed by atoms with Crippen molar-refractivity contribution < 1.29 is 12.8 Å². The molecule has 0 bridgehead atoms. The average molecular weight is 307 g/mol. The zero-order valence-corrected chi connectivity index (χ0v) is 12.0. The number of rotatable bonds is 3. The van der Waals surface area contributed by atoms with E-state index in [0.29, 0.717) is 17.4 Å². The fourth-order valence-corrected chi connectivity index (χ4v) is 3.93. The van der Waals surface area contributed by atoms with E-state index in [2.05, 4.69) is 10.0 Å². The SMILES string of the molecule is Cc1ccc(S(=O)(=O)NC2C3CNCC32)cc1F.Cl. The molecule has 1 saturated heterocycles. The fraction of sp³-hybridized carbons (Fsp3) is 0.500. The molecule has 3 rings (SSSR count). The molecule has 2 fully saturated rings. The molecule has 1 aliphatic heterocycles. The van der Waals surface area contributed by atoms with E-state index in [1.807, 2.05) is 0 Å². The number of hydrogen-bond donors (Lipinski definition) is 2. The van der Waals surface area contributed by atoms with Crippen LogP contribution in [0.5, 0.6) is 0 Å². The van der Waals surface area contributed by atoms with Crippen molar-refractivity contribution in [3.8, 4) is 0 Å². The maximum Gasteiger partial charge on any atom is 0.240 e. The minimum atomic E-state index is -3.60. The molecule has 2 N–H and O–H groups in total. The number of hydrogen-bond acceptors (Lipinski definition) is 3. The van der Waals surface area contributed by atoms with E-state index in [4.69, 9.17) is 0 Å². The standard InChI is InChI=1S/C12H15FN2O2S.ClH/c1-7-2-3-8(4-11(7)13)18(16,17)15-12-9-5-14-6-10(9)12;/h2-4,9-10,12,14-15H,5-6H2,1H3;1H. The lowest BCUT2D eigenvalue weighted by atomic mass is 10.2. The molecular weight excluding hydrogens is 291 g/mol. The summed E-state index contributed by atoms with van der Waals surface area (Å²) in [5.41, 5.74) is 0.446. The first-order chi connectivity index (χ1) is 8.49. The number of halogens is 2. The van der Waals surface area contributed by atoms with E-state index in [1.54, 1.807) is 6.92 Å². The average Bonchev–Trinajstić information content (AvgIpc) is 2.77. The van der Waals surface area contributed by atoms with Gasteiger partial charge in [0.25, 0.3) is 0 Å². The van der Waals surface area contributed by atoms with Crippen LogP contribution >= 0.6 is 12.4 Å². The number of fused-ring (bicyclic) bond motifs is 1. The third-order valence-electron chi connectivity index (χ3n) is 3.84. The van der Waals surface area contributed by atoms with Crippen molar-refractivity contribution in [1.82, 2.24) is 10.0 Å². The number of sulfonamides is 1. The summed E-state index contributed by atoms with van der Waals surface area (Å²) in [7, 11) is -3.60. The molecule has 0 aromatic heterocycles. The fourth-order valence-electron chi connectivity index (χ4n) is 2.58. The predicted octanol–water partition coefficient (Wildman–Crippen LogP) is 1.05. The molecule has 0 spiro atoms. The first-order valence-corrected chi connectivity index (χ1v) is 7.46. The Bertz CT molecular complexity index is 583. The van der Waals surface area contributed by atoms with Crippen LogP contribution in [-0.4, -0.2) is 27.5 Å². The van der Waals surface area contributed by atoms with Gasteiger partial charge in [-0.3, -0.25) is 0 Å². The Hall–Kier alpha value is -0.690. The lowest BCUT2D eigenvalue weighted by molar-refractivity contribution is 0.562. The van der Waals surface area contributed by atoms with Gasteiger partial charge < -0.3 is 5.32 Å². The van der Waals surface area contributed by atoms with E-state index in [-0.39, 0.29) is 23.3 Å². The van der Waals surface area contributed by atoms with E-state index in [0.717, 1.165) is 19.2 Å². The highest BCUT2D eigenvalue weighted by Crippen LogP contribution is 2.42. The third kappa shape index (κ3) is 2.63. The van der Waals surface area contributed by atoms with Crippen molar-refractivity contribution in [2.45, 2.75) is 17.9 Å². The minimum Gasteiger partial charge on any atom is -0.316 e. The van der Waals surface area contributed by atoms with Crippen LogP contribution in [0.3, 0.4) is 0 Å². The second-order valence-corrected chi connectivity index (χ2v) is 6.76. The normalized spacial score (nSPS) is 28.6. The summed E-state index contributed by atoms with van der Waals surface area (Å²) in [6.45, 7) is 3.33. The number of piperidine rings is 1. The van der Waals surface area contributed by atoms with Gasteiger partial charge in [0.2, 0.25) is 10.0 Å². The summed E-state index contributed by atoms with van der Waals surface area (Å²) in [5, 5.41) is 3.20. The van der Waals surface area contributed by atoms with Crippen LogP contribution in [0.4, 0.5) is 4.39 Å². The van der Waals surface area contributed by atoms with E-state index in [1.165, 1.54) is 12.1 Å². The van der Waals surface area contributed by atoms with Crippen LogP contribution in [-0.2, 0) is 10.0 Å². The Morgan fingerprint density at radius 2 is 1.95 bits per heavy atom.